The van der Waals surface area contributed by atoms with E-state index in [0.29, 0.717) is 11.7 Å². The summed E-state index contributed by atoms with van der Waals surface area (Å²) in [7, 11) is 2.03. The molecule has 0 bridgehead atoms. The minimum absolute atomic E-state index is 0.527. The molecule has 0 fully saturated rings. The Hall–Kier alpha value is -0.720. The summed E-state index contributed by atoms with van der Waals surface area (Å²) in [5, 5.41) is 3.43. The molecule has 104 valence electrons. The van der Waals surface area contributed by atoms with Gasteiger partial charge in [-0.15, -0.1) is 22.7 Å². The van der Waals surface area contributed by atoms with E-state index in [-0.39, 0.29) is 0 Å². The molecule has 7 heteroatoms. The van der Waals surface area contributed by atoms with Gasteiger partial charge < -0.3 is 0 Å². The van der Waals surface area contributed by atoms with Gasteiger partial charge in [-0.25, -0.2) is 9.97 Å². The summed E-state index contributed by atoms with van der Waals surface area (Å²) in [5.41, 5.74) is 0. The van der Waals surface area contributed by atoms with Gasteiger partial charge in [-0.3, -0.25) is 4.90 Å². The van der Waals surface area contributed by atoms with Gasteiger partial charge in [-0.2, -0.15) is 0 Å². The van der Waals surface area contributed by atoms with Crippen molar-refractivity contribution in [2.45, 2.75) is 13.1 Å². The second kappa shape index (κ2) is 5.95. The van der Waals surface area contributed by atoms with Crippen molar-refractivity contribution in [3.63, 3.8) is 0 Å². The number of fused-ring (bicyclic) bond motifs is 1. The number of rotatable bonds is 4. The fourth-order valence-electron chi connectivity index (χ4n) is 1.93. The average molecular weight is 344 g/mol. The molecule has 20 heavy (non-hydrogen) atoms. The molecule has 0 aromatic carbocycles. The Morgan fingerprint density at radius 3 is 2.75 bits per heavy atom. The first kappa shape index (κ1) is 14.2. The van der Waals surface area contributed by atoms with Crippen molar-refractivity contribution in [3.8, 4) is 0 Å². The van der Waals surface area contributed by atoms with Crippen LogP contribution in [0.3, 0.4) is 0 Å². The molecule has 0 saturated heterocycles. The van der Waals surface area contributed by atoms with Crippen LogP contribution in [0.2, 0.25) is 9.49 Å². The topological polar surface area (TPSA) is 29.0 Å². The second-order valence-electron chi connectivity index (χ2n) is 4.45. The highest BCUT2D eigenvalue weighted by atomic mass is 35.5. The predicted molar refractivity (Wildman–Crippen MR) is 86.9 cm³/mol. The van der Waals surface area contributed by atoms with Gasteiger partial charge in [-0.1, -0.05) is 23.2 Å². The van der Waals surface area contributed by atoms with Gasteiger partial charge in [0.05, 0.1) is 10.9 Å². The maximum atomic E-state index is 6.17. The lowest BCUT2D eigenvalue weighted by Crippen LogP contribution is -2.18. The zero-order valence-corrected chi connectivity index (χ0v) is 13.8. The quantitative estimate of drug-likeness (QED) is 0.643. The number of hydrogen-bond acceptors (Lipinski definition) is 5. The molecule has 3 rings (SSSR count). The lowest BCUT2D eigenvalue weighted by Gasteiger charge is -2.14. The van der Waals surface area contributed by atoms with Gasteiger partial charge in [0.25, 0.3) is 0 Å². The molecule has 0 aliphatic carbocycles. The van der Waals surface area contributed by atoms with Crippen molar-refractivity contribution in [2.75, 3.05) is 7.05 Å². The van der Waals surface area contributed by atoms with E-state index in [4.69, 9.17) is 23.2 Å². The SMILES string of the molecule is CN(Cc1nc(Cl)c2ccsc2n1)Cc1ccc(Cl)s1. The van der Waals surface area contributed by atoms with E-state index in [1.807, 2.05) is 30.6 Å². The Kier molecular flexibility index (Phi) is 4.23. The first-order valence-electron chi connectivity index (χ1n) is 5.94. The van der Waals surface area contributed by atoms with Gasteiger partial charge in [-0.05, 0) is 30.6 Å². The molecule has 3 nitrogen and oxygen atoms in total. The summed E-state index contributed by atoms with van der Waals surface area (Å²) in [6.07, 6.45) is 0. The summed E-state index contributed by atoms with van der Waals surface area (Å²) < 4.78 is 0.813. The minimum atomic E-state index is 0.527. The van der Waals surface area contributed by atoms with Gasteiger partial charge in [0.1, 0.15) is 15.8 Å². The molecule has 0 radical (unpaired) electrons. The van der Waals surface area contributed by atoms with Crippen molar-refractivity contribution in [1.29, 1.82) is 0 Å². The van der Waals surface area contributed by atoms with E-state index in [1.54, 1.807) is 22.7 Å². The number of thiophene rings is 2. The first-order chi connectivity index (χ1) is 9.61. The fraction of sp³-hybridized carbons (Fsp3) is 0.231. The standard InChI is InChI=1S/C13H11Cl2N3S2/c1-18(6-8-2-3-10(14)20-8)7-11-16-12(15)9-4-5-19-13(9)17-11/h2-5H,6-7H2,1H3. The maximum Gasteiger partial charge on any atom is 0.145 e. The second-order valence-corrected chi connectivity index (χ2v) is 7.50. The lowest BCUT2D eigenvalue weighted by atomic mass is 10.4. The first-order valence-corrected chi connectivity index (χ1v) is 8.39. The van der Waals surface area contributed by atoms with Crippen LogP contribution in [0.5, 0.6) is 0 Å². The zero-order valence-electron chi connectivity index (χ0n) is 10.6. The number of hydrogen-bond donors (Lipinski definition) is 0. The van der Waals surface area contributed by atoms with E-state index >= 15 is 0 Å². The molecule has 0 N–H and O–H groups in total. The van der Waals surface area contributed by atoms with Crippen LogP contribution in [0.25, 0.3) is 10.2 Å². The molecule has 3 aromatic rings. The number of nitrogens with zero attached hydrogens (tertiary/aromatic N) is 3. The highest BCUT2D eigenvalue weighted by Crippen LogP contribution is 2.26. The fourth-order valence-corrected chi connectivity index (χ4v) is 4.19. The van der Waals surface area contributed by atoms with Gasteiger partial charge >= 0.3 is 0 Å². The third kappa shape index (κ3) is 3.13. The van der Waals surface area contributed by atoms with E-state index < -0.39 is 0 Å². The Morgan fingerprint density at radius 1 is 1.15 bits per heavy atom. The third-order valence-corrected chi connectivity index (χ3v) is 5.10. The van der Waals surface area contributed by atoms with Crippen LogP contribution < -0.4 is 0 Å². The average Bonchev–Trinajstić information content (AvgIpc) is 2.98. The Balaban J connectivity index is 1.75. The monoisotopic (exact) mass is 343 g/mol. The smallest absolute Gasteiger partial charge is 0.145 e. The van der Waals surface area contributed by atoms with E-state index in [9.17, 15) is 0 Å². The van der Waals surface area contributed by atoms with Crippen LogP contribution in [0, 0.1) is 0 Å². The molecule has 3 heterocycles. The van der Waals surface area contributed by atoms with Gasteiger partial charge in [0.2, 0.25) is 0 Å². The van der Waals surface area contributed by atoms with Crippen molar-refractivity contribution >= 4 is 56.1 Å². The summed E-state index contributed by atoms with van der Waals surface area (Å²) in [5.74, 6) is 0.745. The molecular formula is C13H11Cl2N3S2. The maximum absolute atomic E-state index is 6.17. The zero-order chi connectivity index (χ0) is 14.1. The molecule has 0 aliphatic rings. The highest BCUT2D eigenvalue weighted by molar-refractivity contribution is 7.16. The Morgan fingerprint density at radius 2 is 2.00 bits per heavy atom. The summed E-state index contributed by atoms with van der Waals surface area (Å²) in [6, 6.07) is 5.91. The number of aromatic nitrogens is 2. The predicted octanol–water partition coefficient (Wildman–Crippen LogP) is 4.69. The Labute approximate surface area is 134 Å². The van der Waals surface area contributed by atoms with Crippen LogP contribution in [0.1, 0.15) is 10.7 Å². The normalized spacial score (nSPS) is 11.6. The molecule has 0 aliphatic heterocycles. The Bertz CT molecular complexity index is 738. The van der Waals surface area contributed by atoms with Crippen molar-refractivity contribution < 1.29 is 0 Å². The molecular weight excluding hydrogens is 333 g/mol. The van der Waals surface area contributed by atoms with E-state index in [1.165, 1.54) is 4.88 Å². The number of halogens is 2. The summed E-state index contributed by atoms with van der Waals surface area (Å²) >= 11 is 15.3. The van der Waals surface area contributed by atoms with Gasteiger partial charge in [0.15, 0.2) is 0 Å². The molecule has 0 saturated carbocycles. The largest absolute Gasteiger partial charge is 0.294 e. The molecule has 0 unspecified atom stereocenters. The van der Waals surface area contributed by atoms with Crippen molar-refractivity contribution in [2.24, 2.45) is 0 Å². The van der Waals surface area contributed by atoms with Crippen LogP contribution in [-0.2, 0) is 13.1 Å². The van der Waals surface area contributed by atoms with Crippen LogP contribution in [-0.4, -0.2) is 21.9 Å². The third-order valence-electron chi connectivity index (χ3n) is 2.79. The molecule has 0 spiro atoms. The van der Waals surface area contributed by atoms with Crippen LogP contribution >= 0.6 is 45.9 Å². The molecule has 0 atom stereocenters. The lowest BCUT2D eigenvalue weighted by molar-refractivity contribution is 0.314. The van der Waals surface area contributed by atoms with Crippen molar-refractivity contribution in [1.82, 2.24) is 14.9 Å². The van der Waals surface area contributed by atoms with Crippen molar-refractivity contribution in [3.05, 3.63) is 43.8 Å². The molecule has 3 aromatic heterocycles. The highest BCUT2D eigenvalue weighted by Gasteiger charge is 2.10. The summed E-state index contributed by atoms with van der Waals surface area (Å²) in [4.78, 5) is 13.2. The minimum Gasteiger partial charge on any atom is -0.294 e. The summed E-state index contributed by atoms with van der Waals surface area (Å²) in [6.45, 7) is 1.48. The van der Waals surface area contributed by atoms with E-state index in [2.05, 4.69) is 14.9 Å². The van der Waals surface area contributed by atoms with E-state index in [0.717, 1.165) is 26.9 Å². The van der Waals surface area contributed by atoms with Crippen LogP contribution in [0.4, 0.5) is 0 Å². The van der Waals surface area contributed by atoms with Crippen LogP contribution in [0.15, 0.2) is 23.6 Å². The molecule has 0 amide bonds. The van der Waals surface area contributed by atoms with Gasteiger partial charge in [0, 0.05) is 16.8 Å².